The maximum atomic E-state index is 5.14. The molecule has 0 aliphatic heterocycles. The standard InChI is InChI=1S/C12H14BrN3O2/c1-3-14-12-10(13)9(7-17-2)15-11(16-12)8-4-5-18-6-8/h4-6H,3,7H2,1-2H3,(H,14,15,16). The lowest BCUT2D eigenvalue weighted by Crippen LogP contribution is -2.06. The number of rotatable bonds is 5. The van der Waals surface area contributed by atoms with Crippen molar-refractivity contribution < 1.29 is 9.15 Å². The second kappa shape index (κ2) is 5.97. The minimum Gasteiger partial charge on any atom is -0.472 e. The molecule has 0 unspecified atom stereocenters. The van der Waals surface area contributed by atoms with E-state index >= 15 is 0 Å². The Bertz CT molecular complexity index is 487. The molecule has 0 aliphatic rings. The Hall–Kier alpha value is -1.40. The van der Waals surface area contributed by atoms with Gasteiger partial charge in [0.05, 0.1) is 28.6 Å². The molecule has 0 aliphatic carbocycles. The van der Waals surface area contributed by atoms with Gasteiger partial charge in [0, 0.05) is 13.7 Å². The largest absolute Gasteiger partial charge is 0.472 e. The summed E-state index contributed by atoms with van der Waals surface area (Å²) in [5.74, 6) is 1.38. The predicted molar refractivity (Wildman–Crippen MR) is 72.3 cm³/mol. The van der Waals surface area contributed by atoms with Gasteiger partial charge in [0.2, 0.25) is 0 Å². The van der Waals surface area contributed by atoms with Crippen LogP contribution in [0.5, 0.6) is 0 Å². The van der Waals surface area contributed by atoms with Crippen molar-refractivity contribution in [2.75, 3.05) is 19.0 Å². The molecule has 2 heterocycles. The predicted octanol–water partition coefficient (Wildman–Crippen LogP) is 3.08. The number of nitrogens with zero attached hydrogens (tertiary/aromatic N) is 2. The number of anilines is 1. The molecule has 2 aromatic heterocycles. The molecule has 2 rings (SSSR count). The molecule has 0 aromatic carbocycles. The first kappa shape index (κ1) is 13.0. The SMILES string of the molecule is CCNc1nc(-c2ccoc2)nc(COC)c1Br. The van der Waals surface area contributed by atoms with E-state index in [2.05, 4.69) is 31.2 Å². The highest BCUT2D eigenvalue weighted by atomic mass is 79.9. The van der Waals surface area contributed by atoms with Crippen LogP contribution < -0.4 is 5.32 Å². The first-order valence-corrected chi connectivity index (χ1v) is 6.37. The smallest absolute Gasteiger partial charge is 0.165 e. The van der Waals surface area contributed by atoms with E-state index < -0.39 is 0 Å². The zero-order chi connectivity index (χ0) is 13.0. The maximum absolute atomic E-state index is 5.14. The van der Waals surface area contributed by atoms with Gasteiger partial charge < -0.3 is 14.5 Å². The van der Waals surface area contributed by atoms with Crippen LogP contribution in [0.3, 0.4) is 0 Å². The Morgan fingerprint density at radius 2 is 2.28 bits per heavy atom. The molecule has 6 heteroatoms. The third kappa shape index (κ3) is 2.70. The number of hydrogen-bond acceptors (Lipinski definition) is 5. The van der Waals surface area contributed by atoms with Gasteiger partial charge in [-0.3, -0.25) is 0 Å². The summed E-state index contributed by atoms with van der Waals surface area (Å²) in [5.41, 5.74) is 1.65. The van der Waals surface area contributed by atoms with Crippen molar-refractivity contribution in [1.82, 2.24) is 9.97 Å². The second-order valence-electron chi connectivity index (χ2n) is 3.63. The van der Waals surface area contributed by atoms with E-state index in [-0.39, 0.29) is 0 Å². The highest BCUT2D eigenvalue weighted by Gasteiger charge is 2.13. The van der Waals surface area contributed by atoms with Crippen molar-refractivity contribution in [3.63, 3.8) is 0 Å². The van der Waals surface area contributed by atoms with E-state index in [1.807, 2.05) is 13.0 Å². The van der Waals surface area contributed by atoms with Crippen molar-refractivity contribution in [3.8, 4) is 11.4 Å². The first-order chi connectivity index (χ1) is 8.76. The van der Waals surface area contributed by atoms with Gasteiger partial charge >= 0.3 is 0 Å². The highest BCUT2D eigenvalue weighted by Crippen LogP contribution is 2.27. The van der Waals surface area contributed by atoms with E-state index in [4.69, 9.17) is 9.15 Å². The minimum absolute atomic E-state index is 0.423. The third-order valence-electron chi connectivity index (χ3n) is 2.32. The van der Waals surface area contributed by atoms with Gasteiger partial charge in [-0.05, 0) is 28.9 Å². The van der Waals surface area contributed by atoms with Crippen LogP contribution in [0.4, 0.5) is 5.82 Å². The van der Waals surface area contributed by atoms with E-state index in [9.17, 15) is 0 Å². The van der Waals surface area contributed by atoms with Crippen LogP contribution in [0.25, 0.3) is 11.4 Å². The summed E-state index contributed by atoms with van der Waals surface area (Å²) in [4.78, 5) is 8.93. The molecule has 0 radical (unpaired) electrons. The van der Waals surface area contributed by atoms with Crippen molar-refractivity contribution in [2.24, 2.45) is 0 Å². The average molecular weight is 312 g/mol. The Morgan fingerprint density at radius 1 is 1.44 bits per heavy atom. The number of hydrogen-bond donors (Lipinski definition) is 1. The lowest BCUT2D eigenvalue weighted by molar-refractivity contribution is 0.181. The quantitative estimate of drug-likeness (QED) is 0.919. The summed E-state index contributed by atoms with van der Waals surface area (Å²) in [6.07, 6.45) is 3.22. The Morgan fingerprint density at radius 3 is 2.89 bits per heavy atom. The van der Waals surface area contributed by atoms with Crippen LogP contribution in [0, 0.1) is 0 Å². The summed E-state index contributed by atoms with van der Waals surface area (Å²) in [6.45, 7) is 3.22. The van der Waals surface area contributed by atoms with E-state index in [1.54, 1.807) is 19.6 Å². The number of methoxy groups -OCH3 is 1. The monoisotopic (exact) mass is 311 g/mol. The molecule has 96 valence electrons. The Balaban J connectivity index is 2.47. The average Bonchev–Trinajstić information content (AvgIpc) is 2.88. The van der Waals surface area contributed by atoms with Crippen LogP contribution in [-0.4, -0.2) is 23.6 Å². The summed E-state index contributed by atoms with van der Waals surface area (Å²) in [7, 11) is 1.64. The summed E-state index contributed by atoms with van der Waals surface area (Å²) >= 11 is 3.49. The lowest BCUT2D eigenvalue weighted by Gasteiger charge is -2.11. The maximum Gasteiger partial charge on any atom is 0.165 e. The molecule has 1 N–H and O–H groups in total. The van der Waals surface area contributed by atoms with Gasteiger partial charge in [0.1, 0.15) is 12.1 Å². The van der Waals surface area contributed by atoms with Gasteiger partial charge in [-0.15, -0.1) is 0 Å². The fourth-order valence-electron chi connectivity index (χ4n) is 1.53. The molecule has 0 atom stereocenters. The van der Waals surface area contributed by atoms with Crippen molar-refractivity contribution in [3.05, 3.63) is 28.8 Å². The molecule has 0 spiro atoms. The Kier molecular flexibility index (Phi) is 4.33. The minimum atomic E-state index is 0.423. The number of halogens is 1. The molecule has 18 heavy (non-hydrogen) atoms. The van der Waals surface area contributed by atoms with Gasteiger partial charge in [0.15, 0.2) is 5.82 Å². The number of furan rings is 1. The van der Waals surface area contributed by atoms with Crippen LogP contribution >= 0.6 is 15.9 Å². The van der Waals surface area contributed by atoms with Crippen molar-refractivity contribution in [2.45, 2.75) is 13.5 Å². The highest BCUT2D eigenvalue weighted by molar-refractivity contribution is 9.10. The fourth-order valence-corrected chi connectivity index (χ4v) is 1.96. The molecule has 0 fully saturated rings. The van der Waals surface area contributed by atoms with Crippen LogP contribution in [0.1, 0.15) is 12.6 Å². The lowest BCUT2D eigenvalue weighted by atomic mass is 10.3. The van der Waals surface area contributed by atoms with Crippen molar-refractivity contribution in [1.29, 1.82) is 0 Å². The first-order valence-electron chi connectivity index (χ1n) is 5.58. The molecule has 2 aromatic rings. The normalized spacial score (nSPS) is 10.6. The molecule has 0 saturated carbocycles. The fraction of sp³-hybridized carbons (Fsp3) is 0.333. The number of ether oxygens (including phenoxy) is 1. The van der Waals surface area contributed by atoms with Crippen LogP contribution in [-0.2, 0) is 11.3 Å². The van der Waals surface area contributed by atoms with Crippen LogP contribution in [0.2, 0.25) is 0 Å². The zero-order valence-corrected chi connectivity index (χ0v) is 11.8. The summed E-state index contributed by atoms with van der Waals surface area (Å²) < 4.78 is 11.0. The third-order valence-corrected chi connectivity index (χ3v) is 3.16. The van der Waals surface area contributed by atoms with E-state index in [0.717, 1.165) is 28.1 Å². The summed E-state index contributed by atoms with van der Waals surface area (Å²) in [6, 6.07) is 1.83. The van der Waals surface area contributed by atoms with Crippen LogP contribution in [0.15, 0.2) is 27.5 Å². The zero-order valence-electron chi connectivity index (χ0n) is 10.2. The second-order valence-corrected chi connectivity index (χ2v) is 4.42. The number of aromatic nitrogens is 2. The number of nitrogens with one attached hydrogen (secondary N) is 1. The van der Waals surface area contributed by atoms with E-state index in [0.29, 0.717) is 12.4 Å². The van der Waals surface area contributed by atoms with Gasteiger partial charge in [-0.2, -0.15) is 0 Å². The molecular formula is C12H14BrN3O2. The Labute approximate surface area is 114 Å². The summed E-state index contributed by atoms with van der Waals surface area (Å²) in [5, 5.41) is 3.19. The van der Waals surface area contributed by atoms with Gasteiger partial charge in [-0.25, -0.2) is 9.97 Å². The van der Waals surface area contributed by atoms with E-state index in [1.165, 1.54) is 0 Å². The topological polar surface area (TPSA) is 60.2 Å². The molecule has 0 bridgehead atoms. The van der Waals surface area contributed by atoms with Crippen molar-refractivity contribution >= 4 is 21.7 Å². The molecule has 0 amide bonds. The molecular weight excluding hydrogens is 298 g/mol. The van der Waals surface area contributed by atoms with Gasteiger partial charge in [0.25, 0.3) is 0 Å². The molecule has 0 saturated heterocycles. The molecule has 5 nitrogen and oxygen atoms in total. The van der Waals surface area contributed by atoms with Gasteiger partial charge in [-0.1, -0.05) is 0 Å².